The number of amides is 1. The normalized spacial score (nSPS) is 11.2. The summed E-state index contributed by atoms with van der Waals surface area (Å²) in [6.07, 6.45) is 1.28. The number of rotatable bonds is 5. The van der Waals surface area contributed by atoms with E-state index in [4.69, 9.17) is 4.74 Å². The van der Waals surface area contributed by atoms with Gasteiger partial charge in [0, 0.05) is 20.5 Å². The minimum absolute atomic E-state index is 0.145. The topological polar surface area (TPSA) is 29.5 Å². The highest BCUT2D eigenvalue weighted by molar-refractivity contribution is 5.75. The van der Waals surface area contributed by atoms with Crippen LogP contribution in [0.4, 0.5) is 0 Å². The summed E-state index contributed by atoms with van der Waals surface area (Å²) in [4.78, 5) is 13.0. The first-order chi connectivity index (χ1) is 8.80. The second-order valence-corrected chi connectivity index (χ2v) is 6.01. The molecule has 0 heterocycles. The number of nitrogens with zero attached hydrogens (tertiary/aromatic N) is 1. The largest absolute Gasteiger partial charge is 0.494 e. The lowest BCUT2D eigenvalue weighted by molar-refractivity contribution is -0.128. The van der Waals surface area contributed by atoms with Gasteiger partial charge in [0.05, 0.1) is 6.61 Å². The predicted octanol–water partition coefficient (Wildman–Crippen LogP) is 3.23. The van der Waals surface area contributed by atoms with E-state index in [0.29, 0.717) is 13.0 Å². The van der Waals surface area contributed by atoms with Crippen LogP contribution in [0, 0.1) is 0 Å². The molecular weight excluding hydrogens is 238 g/mol. The molecule has 1 amide bonds. The van der Waals surface area contributed by atoms with Crippen molar-refractivity contribution in [3.63, 3.8) is 0 Å². The highest BCUT2D eigenvalue weighted by atomic mass is 16.5. The Morgan fingerprint density at radius 3 is 2.21 bits per heavy atom. The predicted molar refractivity (Wildman–Crippen MR) is 78.6 cm³/mol. The van der Waals surface area contributed by atoms with Crippen LogP contribution in [0.1, 0.15) is 39.2 Å². The molecule has 1 rings (SSSR count). The Hall–Kier alpha value is -1.51. The molecule has 0 aliphatic heterocycles. The third-order valence-electron chi connectivity index (χ3n) is 3.02. The van der Waals surface area contributed by atoms with Crippen LogP contribution >= 0.6 is 0 Å². The fourth-order valence-electron chi connectivity index (χ4n) is 1.69. The first-order valence-electron chi connectivity index (χ1n) is 6.74. The minimum Gasteiger partial charge on any atom is -0.494 e. The molecule has 0 bridgehead atoms. The first-order valence-corrected chi connectivity index (χ1v) is 6.74. The first kappa shape index (κ1) is 15.5. The standard InChI is InChI=1S/C16H25NO2/c1-16(2,3)13-8-10-14(11-9-13)19-12-6-7-15(18)17(4)5/h8-11H,6-7,12H2,1-5H3. The van der Waals surface area contributed by atoms with Crippen molar-refractivity contribution in [2.75, 3.05) is 20.7 Å². The molecule has 0 N–H and O–H groups in total. The molecule has 0 aliphatic carbocycles. The molecule has 0 radical (unpaired) electrons. The van der Waals surface area contributed by atoms with E-state index in [0.717, 1.165) is 12.2 Å². The van der Waals surface area contributed by atoms with Crippen LogP contribution in [-0.2, 0) is 10.2 Å². The SMILES string of the molecule is CN(C)C(=O)CCCOc1ccc(C(C)(C)C)cc1. The van der Waals surface area contributed by atoms with E-state index in [-0.39, 0.29) is 11.3 Å². The van der Waals surface area contributed by atoms with Crippen molar-refractivity contribution in [1.29, 1.82) is 0 Å². The van der Waals surface area contributed by atoms with E-state index in [2.05, 4.69) is 32.9 Å². The van der Waals surface area contributed by atoms with E-state index >= 15 is 0 Å². The van der Waals surface area contributed by atoms with E-state index in [9.17, 15) is 4.79 Å². The zero-order chi connectivity index (χ0) is 14.5. The zero-order valence-corrected chi connectivity index (χ0v) is 12.7. The summed E-state index contributed by atoms with van der Waals surface area (Å²) < 4.78 is 5.63. The quantitative estimate of drug-likeness (QED) is 0.763. The lowest BCUT2D eigenvalue weighted by Crippen LogP contribution is -2.21. The fraction of sp³-hybridized carbons (Fsp3) is 0.562. The van der Waals surface area contributed by atoms with Crippen molar-refractivity contribution >= 4 is 5.91 Å². The fourth-order valence-corrected chi connectivity index (χ4v) is 1.69. The van der Waals surface area contributed by atoms with Gasteiger partial charge in [-0.1, -0.05) is 32.9 Å². The van der Waals surface area contributed by atoms with Crippen LogP contribution in [0.15, 0.2) is 24.3 Å². The Morgan fingerprint density at radius 2 is 1.74 bits per heavy atom. The van der Waals surface area contributed by atoms with Gasteiger partial charge in [-0.05, 0) is 29.5 Å². The Morgan fingerprint density at radius 1 is 1.16 bits per heavy atom. The number of carbonyl (C=O) groups excluding carboxylic acids is 1. The van der Waals surface area contributed by atoms with E-state index in [1.54, 1.807) is 19.0 Å². The van der Waals surface area contributed by atoms with Crippen molar-refractivity contribution in [2.45, 2.75) is 39.0 Å². The summed E-state index contributed by atoms with van der Waals surface area (Å²) in [6.45, 7) is 7.15. The molecule has 3 nitrogen and oxygen atoms in total. The van der Waals surface area contributed by atoms with Gasteiger partial charge in [0.1, 0.15) is 5.75 Å². The van der Waals surface area contributed by atoms with Crippen LogP contribution in [-0.4, -0.2) is 31.5 Å². The van der Waals surface area contributed by atoms with Gasteiger partial charge in [-0.2, -0.15) is 0 Å². The maximum Gasteiger partial charge on any atom is 0.222 e. The van der Waals surface area contributed by atoms with E-state index < -0.39 is 0 Å². The molecule has 106 valence electrons. The molecule has 0 atom stereocenters. The average molecular weight is 263 g/mol. The molecule has 0 fully saturated rings. The third-order valence-corrected chi connectivity index (χ3v) is 3.02. The number of ether oxygens (including phenoxy) is 1. The number of benzene rings is 1. The van der Waals surface area contributed by atoms with Crippen LogP contribution < -0.4 is 4.74 Å². The van der Waals surface area contributed by atoms with Gasteiger partial charge in [0.15, 0.2) is 0 Å². The molecule has 1 aromatic rings. The molecule has 3 heteroatoms. The van der Waals surface area contributed by atoms with Crippen LogP contribution in [0.25, 0.3) is 0 Å². The molecule has 0 spiro atoms. The second-order valence-electron chi connectivity index (χ2n) is 6.01. The van der Waals surface area contributed by atoms with Gasteiger partial charge in [-0.3, -0.25) is 4.79 Å². The highest BCUT2D eigenvalue weighted by Gasteiger charge is 2.12. The molecule has 19 heavy (non-hydrogen) atoms. The summed E-state index contributed by atoms with van der Waals surface area (Å²) in [5.41, 5.74) is 1.46. The van der Waals surface area contributed by atoms with Crippen molar-refractivity contribution in [3.05, 3.63) is 29.8 Å². The zero-order valence-electron chi connectivity index (χ0n) is 12.7. The Kier molecular flexibility index (Phi) is 5.40. The summed E-state index contributed by atoms with van der Waals surface area (Å²) in [5, 5.41) is 0. The number of hydrogen-bond acceptors (Lipinski definition) is 2. The Bertz CT molecular complexity index is 402. The Balaban J connectivity index is 2.37. The van der Waals surface area contributed by atoms with Gasteiger partial charge >= 0.3 is 0 Å². The maximum atomic E-state index is 11.4. The van der Waals surface area contributed by atoms with Crippen molar-refractivity contribution in [3.8, 4) is 5.75 Å². The maximum absolute atomic E-state index is 11.4. The third kappa shape index (κ3) is 5.33. The Labute approximate surface area is 116 Å². The highest BCUT2D eigenvalue weighted by Crippen LogP contribution is 2.24. The minimum atomic E-state index is 0.145. The van der Waals surface area contributed by atoms with Crippen LogP contribution in [0.2, 0.25) is 0 Å². The van der Waals surface area contributed by atoms with Crippen molar-refractivity contribution in [2.24, 2.45) is 0 Å². The number of hydrogen-bond donors (Lipinski definition) is 0. The summed E-state index contributed by atoms with van der Waals surface area (Å²) in [6, 6.07) is 8.18. The van der Waals surface area contributed by atoms with Gasteiger partial charge in [0.25, 0.3) is 0 Å². The smallest absolute Gasteiger partial charge is 0.222 e. The van der Waals surface area contributed by atoms with Crippen LogP contribution in [0.3, 0.4) is 0 Å². The van der Waals surface area contributed by atoms with E-state index in [1.807, 2.05) is 12.1 Å². The molecule has 1 aromatic carbocycles. The summed E-state index contributed by atoms with van der Waals surface area (Å²) in [5.74, 6) is 1.01. The molecule has 0 unspecified atom stereocenters. The summed E-state index contributed by atoms with van der Waals surface area (Å²) in [7, 11) is 3.54. The molecular formula is C16H25NO2. The van der Waals surface area contributed by atoms with E-state index in [1.165, 1.54) is 5.56 Å². The van der Waals surface area contributed by atoms with Gasteiger partial charge in [0.2, 0.25) is 5.91 Å². The molecule has 0 saturated heterocycles. The van der Waals surface area contributed by atoms with Gasteiger partial charge in [-0.25, -0.2) is 0 Å². The van der Waals surface area contributed by atoms with Crippen LogP contribution in [0.5, 0.6) is 5.75 Å². The van der Waals surface area contributed by atoms with Crippen molar-refractivity contribution < 1.29 is 9.53 Å². The number of carbonyl (C=O) groups is 1. The summed E-state index contributed by atoms with van der Waals surface area (Å²) >= 11 is 0. The van der Waals surface area contributed by atoms with Crippen molar-refractivity contribution in [1.82, 2.24) is 4.90 Å². The monoisotopic (exact) mass is 263 g/mol. The second kappa shape index (κ2) is 6.60. The average Bonchev–Trinajstić information content (AvgIpc) is 2.33. The van der Waals surface area contributed by atoms with Gasteiger partial charge in [-0.15, -0.1) is 0 Å². The molecule has 0 aliphatic rings. The van der Waals surface area contributed by atoms with Gasteiger partial charge < -0.3 is 9.64 Å². The lowest BCUT2D eigenvalue weighted by atomic mass is 9.87. The molecule has 0 aromatic heterocycles. The molecule has 0 saturated carbocycles. The lowest BCUT2D eigenvalue weighted by Gasteiger charge is -2.19.